The van der Waals surface area contributed by atoms with Crippen molar-refractivity contribution in [2.75, 3.05) is 18.4 Å². The van der Waals surface area contributed by atoms with Crippen molar-refractivity contribution in [3.8, 4) is 0 Å². The molecule has 0 aliphatic carbocycles. The van der Waals surface area contributed by atoms with Crippen molar-refractivity contribution in [3.63, 3.8) is 0 Å². The molecule has 1 aromatic rings. The number of likely N-dealkylation sites (N-methyl/N-ethyl adjacent to an activating group) is 1. The Morgan fingerprint density at radius 2 is 1.90 bits per heavy atom. The summed E-state index contributed by atoms with van der Waals surface area (Å²) in [6.07, 6.45) is 0. The smallest absolute Gasteiger partial charge is 0.321 e. The number of nitrogens with one attached hydrogen (secondary N) is 1. The first kappa shape index (κ1) is 16.3. The summed E-state index contributed by atoms with van der Waals surface area (Å²) >= 11 is 0. The number of hydrogen-bond acceptors (Lipinski definition) is 1. The van der Waals surface area contributed by atoms with Gasteiger partial charge in [0, 0.05) is 18.8 Å². The van der Waals surface area contributed by atoms with Gasteiger partial charge >= 0.3 is 6.03 Å². The van der Waals surface area contributed by atoms with E-state index in [1.54, 1.807) is 4.90 Å². The van der Waals surface area contributed by atoms with E-state index in [1.165, 1.54) is 0 Å². The first-order chi connectivity index (χ1) is 9.25. The molecule has 0 atom stereocenters. The molecule has 110 valence electrons. The topological polar surface area (TPSA) is 32.3 Å². The van der Waals surface area contributed by atoms with Crippen LogP contribution in [-0.4, -0.2) is 24.0 Å². The highest BCUT2D eigenvalue weighted by Gasteiger charge is 2.20. The highest BCUT2D eigenvalue weighted by Crippen LogP contribution is 2.29. The molecule has 0 fully saturated rings. The molecule has 1 N–H and O–H groups in total. The molecule has 20 heavy (non-hydrogen) atoms. The molecule has 0 saturated heterocycles. The summed E-state index contributed by atoms with van der Waals surface area (Å²) in [7, 11) is 0. The van der Waals surface area contributed by atoms with Gasteiger partial charge in [-0.05, 0) is 30.9 Å². The lowest BCUT2D eigenvalue weighted by atomic mass is 9.86. The summed E-state index contributed by atoms with van der Waals surface area (Å²) in [5, 5.41) is 3.02. The Morgan fingerprint density at radius 3 is 2.40 bits per heavy atom. The van der Waals surface area contributed by atoms with E-state index >= 15 is 0 Å². The van der Waals surface area contributed by atoms with E-state index in [0.29, 0.717) is 13.1 Å². The summed E-state index contributed by atoms with van der Waals surface area (Å²) in [5.41, 5.74) is 2.99. The fourth-order valence-electron chi connectivity index (χ4n) is 2.09. The number of hydrogen-bond donors (Lipinski definition) is 1. The Hall–Kier alpha value is -1.77. The second-order valence-corrected chi connectivity index (χ2v) is 6.20. The third-order valence-electron chi connectivity index (χ3n) is 3.11. The zero-order valence-electron chi connectivity index (χ0n) is 13.3. The van der Waals surface area contributed by atoms with Crippen LogP contribution in [-0.2, 0) is 5.41 Å². The minimum absolute atomic E-state index is 0.00469. The van der Waals surface area contributed by atoms with E-state index in [1.807, 2.05) is 32.0 Å². The average Bonchev–Trinajstić information content (AvgIpc) is 2.34. The van der Waals surface area contributed by atoms with E-state index in [4.69, 9.17) is 0 Å². The SMILES string of the molecule is C=C(C)CN(CC)C(=O)Nc1ccccc1C(C)(C)C. The standard InChI is InChI=1S/C17H26N2O/c1-7-19(12-13(2)3)16(20)18-15-11-9-8-10-14(15)17(4,5)6/h8-11H,2,7,12H2,1,3-6H3,(H,18,20). The minimum Gasteiger partial charge on any atom is -0.321 e. The number of nitrogens with zero attached hydrogens (tertiary/aromatic N) is 1. The van der Waals surface area contributed by atoms with Crippen molar-refractivity contribution >= 4 is 11.7 Å². The molecule has 0 radical (unpaired) electrons. The Balaban J connectivity index is 2.93. The van der Waals surface area contributed by atoms with Gasteiger partial charge in [-0.1, -0.05) is 51.1 Å². The zero-order valence-corrected chi connectivity index (χ0v) is 13.3. The normalized spacial score (nSPS) is 11.1. The molecule has 0 bridgehead atoms. The van der Waals surface area contributed by atoms with Crippen LogP contribution in [0.25, 0.3) is 0 Å². The van der Waals surface area contributed by atoms with Crippen LogP contribution in [0.2, 0.25) is 0 Å². The largest absolute Gasteiger partial charge is 0.322 e. The summed E-state index contributed by atoms with van der Waals surface area (Å²) in [6, 6.07) is 7.88. The number of para-hydroxylation sites is 1. The van der Waals surface area contributed by atoms with Crippen molar-refractivity contribution in [1.82, 2.24) is 4.90 Å². The van der Waals surface area contributed by atoms with E-state index in [9.17, 15) is 4.79 Å². The molecule has 0 saturated carbocycles. The molecule has 0 heterocycles. The highest BCUT2D eigenvalue weighted by molar-refractivity contribution is 5.90. The molecule has 3 nitrogen and oxygen atoms in total. The van der Waals surface area contributed by atoms with Gasteiger partial charge in [0.2, 0.25) is 0 Å². The van der Waals surface area contributed by atoms with Crippen LogP contribution in [0.5, 0.6) is 0 Å². The molecular weight excluding hydrogens is 248 g/mol. The van der Waals surface area contributed by atoms with E-state index in [2.05, 4.69) is 38.7 Å². The summed E-state index contributed by atoms with van der Waals surface area (Å²) < 4.78 is 0. The van der Waals surface area contributed by atoms with Crippen molar-refractivity contribution < 1.29 is 4.79 Å². The number of anilines is 1. The Kier molecular flexibility index (Phi) is 5.37. The van der Waals surface area contributed by atoms with Gasteiger partial charge in [-0.25, -0.2) is 4.79 Å². The van der Waals surface area contributed by atoms with Crippen LogP contribution in [0.4, 0.5) is 10.5 Å². The third kappa shape index (κ3) is 4.41. The van der Waals surface area contributed by atoms with Crippen LogP contribution in [0.3, 0.4) is 0 Å². The fourth-order valence-corrected chi connectivity index (χ4v) is 2.09. The maximum atomic E-state index is 12.3. The quantitative estimate of drug-likeness (QED) is 0.810. The number of rotatable bonds is 4. The van der Waals surface area contributed by atoms with Crippen molar-refractivity contribution in [1.29, 1.82) is 0 Å². The predicted molar refractivity (Wildman–Crippen MR) is 86.2 cm³/mol. The lowest BCUT2D eigenvalue weighted by molar-refractivity contribution is 0.218. The minimum atomic E-state index is -0.0767. The van der Waals surface area contributed by atoms with Gasteiger partial charge in [-0.15, -0.1) is 0 Å². The molecule has 0 unspecified atom stereocenters. The van der Waals surface area contributed by atoms with E-state index < -0.39 is 0 Å². The maximum Gasteiger partial charge on any atom is 0.322 e. The highest BCUT2D eigenvalue weighted by atomic mass is 16.2. The molecule has 0 aliphatic rings. The lowest BCUT2D eigenvalue weighted by Gasteiger charge is -2.26. The van der Waals surface area contributed by atoms with Crippen LogP contribution in [0.15, 0.2) is 36.4 Å². The number of carbonyl (C=O) groups excluding carboxylic acids is 1. The van der Waals surface area contributed by atoms with Gasteiger partial charge < -0.3 is 10.2 Å². The molecule has 1 rings (SSSR count). The van der Waals surface area contributed by atoms with Crippen molar-refractivity contribution in [2.24, 2.45) is 0 Å². The first-order valence-corrected chi connectivity index (χ1v) is 7.05. The van der Waals surface area contributed by atoms with Gasteiger partial charge in [0.15, 0.2) is 0 Å². The van der Waals surface area contributed by atoms with Gasteiger partial charge in [-0.3, -0.25) is 0 Å². The number of amides is 2. The Morgan fingerprint density at radius 1 is 1.30 bits per heavy atom. The summed E-state index contributed by atoms with van der Waals surface area (Å²) in [5.74, 6) is 0. The zero-order chi connectivity index (χ0) is 15.3. The van der Waals surface area contributed by atoms with Gasteiger partial charge in [0.05, 0.1) is 0 Å². The Labute approximate surface area is 122 Å². The molecular formula is C17H26N2O. The monoisotopic (exact) mass is 274 g/mol. The van der Waals surface area contributed by atoms with Crippen molar-refractivity contribution in [3.05, 3.63) is 42.0 Å². The first-order valence-electron chi connectivity index (χ1n) is 7.05. The second-order valence-electron chi connectivity index (χ2n) is 6.20. The molecule has 0 aromatic heterocycles. The van der Waals surface area contributed by atoms with Gasteiger partial charge in [0.25, 0.3) is 0 Å². The number of carbonyl (C=O) groups is 1. The van der Waals surface area contributed by atoms with Crippen LogP contribution in [0, 0.1) is 0 Å². The van der Waals surface area contributed by atoms with Crippen LogP contribution >= 0.6 is 0 Å². The Bertz CT molecular complexity index is 486. The van der Waals surface area contributed by atoms with E-state index in [0.717, 1.165) is 16.8 Å². The molecule has 0 spiro atoms. The van der Waals surface area contributed by atoms with Crippen molar-refractivity contribution in [2.45, 2.75) is 40.0 Å². The molecule has 3 heteroatoms. The number of urea groups is 1. The lowest BCUT2D eigenvalue weighted by Crippen LogP contribution is -2.36. The summed E-state index contributed by atoms with van der Waals surface area (Å²) in [4.78, 5) is 14.1. The average molecular weight is 274 g/mol. The fraction of sp³-hybridized carbons (Fsp3) is 0.471. The predicted octanol–water partition coefficient (Wildman–Crippen LogP) is 4.41. The second kappa shape index (κ2) is 6.60. The summed E-state index contributed by atoms with van der Waals surface area (Å²) in [6.45, 7) is 15.4. The van der Waals surface area contributed by atoms with Crippen LogP contribution < -0.4 is 5.32 Å². The number of benzene rings is 1. The van der Waals surface area contributed by atoms with Gasteiger partial charge in [-0.2, -0.15) is 0 Å². The van der Waals surface area contributed by atoms with Crippen LogP contribution in [0.1, 0.15) is 40.2 Å². The molecule has 0 aliphatic heterocycles. The third-order valence-corrected chi connectivity index (χ3v) is 3.11. The molecule has 1 aromatic carbocycles. The van der Waals surface area contributed by atoms with E-state index in [-0.39, 0.29) is 11.4 Å². The maximum absolute atomic E-state index is 12.3. The van der Waals surface area contributed by atoms with Gasteiger partial charge in [0.1, 0.15) is 0 Å². The molecule has 2 amide bonds.